The highest BCUT2D eigenvalue weighted by Crippen LogP contribution is 2.28. The van der Waals surface area contributed by atoms with Crippen LogP contribution in [0.4, 0.5) is 5.69 Å². The molecule has 0 N–H and O–H groups in total. The van der Waals surface area contributed by atoms with E-state index in [9.17, 15) is 0 Å². The lowest BCUT2D eigenvalue weighted by molar-refractivity contribution is 0.415. The van der Waals surface area contributed by atoms with Gasteiger partial charge in [-0.05, 0) is 23.8 Å². The van der Waals surface area contributed by atoms with Crippen molar-refractivity contribution in [1.82, 2.24) is 14.8 Å². The minimum absolute atomic E-state index is 0.620. The van der Waals surface area contributed by atoms with Gasteiger partial charge in [-0.25, -0.2) is 4.98 Å². The van der Waals surface area contributed by atoms with Crippen molar-refractivity contribution in [2.45, 2.75) is 6.54 Å². The molecule has 22 heavy (non-hydrogen) atoms. The zero-order valence-corrected chi connectivity index (χ0v) is 13.5. The van der Waals surface area contributed by atoms with Gasteiger partial charge in [0, 0.05) is 26.8 Å². The molecule has 3 aromatic rings. The van der Waals surface area contributed by atoms with Crippen LogP contribution < -0.4 is 9.64 Å². The molecule has 2 aromatic heterocycles. The molecular weight excluding hydrogens is 300 g/mol. The van der Waals surface area contributed by atoms with E-state index in [-0.39, 0.29) is 0 Å². The van der Waals surface area contributed by atoms with Gasteiger partial charge in [-0.3, -0.25) is 4.68 Å². The molecule has 5 nitrogen and oxygen atoms in total. The molecule has 0 aliphatic carbocycles. The van der Waals surface area contributed by atoms with E-state index in [0.29, 0.717) is 10.8 Å². The largest absolute Gasteiger partial charge is 0.495 e. The van der Waals surface area contributed by atoms with Gasteiger partial charge in [-0.1, -0.05) is 17.7 Å². The first-order chi connectivity index (χ1) is 10.6. The van der Waals surface area contributed by atoms with Crippen molar-refractivity contribution in [2.75, 3.05) is 19.1 Å². The third kappa shape index (κ3) is 2.60. The number of rotatable bonds is 4. The van der Waals surface area contributed by atoms with E-state index < -0.39 is 0 Å². The fraction of sp³-hybridized carbons (Fsp3) is 0.250. The van der Waals surface area contributed by atoms with Crippen LogP contribution in [0.3, 0.4) is 0 Å². The predicted octanol–water partition coefficient (Wildman–Crippen LogP) is 3.27. The summed E-state index contributed by atoms with van der Waals surface area (Å²) in [5, 5.41) is 5.93. The number of hydrogen-bond acceptors (Lipinski definition) is 4. The van der Waals surface area contributed by atoms with E-state index in [0.717, 1.165) is 28.8 Å². The highest BCUT2D eigenvalue weighted by molar-refractivity contribution is 6.32. The maximum Gasteiger partial charge on any atom is 0.159 e. The third-order valence-electron chi connectivity index (χ3n) is 3.66. The highest BCUT2D eigenvalue weighted by atomic mass is 35.5. The molecule has 0 saturated heterocycles. The van der Waals surface area contributed by atoms with Gasteiger partial charge in [-0.2, -0.15) is 5.10 Å². The predicted molar refractivity (Wildman–Crippen MR) is 88.6 cm³/mol. The number of ether oxygens (including phenoxy) is 1. The van der Waals surface area contributed by atoms with Gasteiger partial charge in [-0.15, -0.1) is 0 Å². The Kier molecular flexibility index (Phi) is 3.90. The van der Waals surface area contributed by atoms with Gasteiger partial charge in [0.1, 0.15) is 5.75 Å². The number of halogens is 1. The van der Waals surface area contributed by atoms with Crippen molar-refractivity contribution in [3.8, 4) is 5.75 Å². The van der Waals surface area contributed by atoms with Gasteiger partial charge in [0.05, 0.1) is 29.4 Å². The quantitative estimate of drug-likeness (QED) is 0.741. The molecule has 114 valence electrons. The van der Waals surface area contributed by atoms with Crippen molar-refractivity contribution in [3.63, 3.8) is 0 Å². The van der Waals surface area contributed by atoms with Crippen LogP contribution in [-0.4, -0.2) is 28.9 Å². The number of methoxy groups -OCH3 is 1. The first kappa shape index (κ1) is 14.7. The SMILES string of the molecule is COc1ccc(CN(C)c2ccnc3c2cnn3C)cc1Cl. The number of aryl methyl sites for hydroxylation is 1. The van der Waals surface area contributed by atoms with Gasteiger partial charge in [0.25, 0.3) is 0 Å². The third-order valence-corrected chi connectivity index (χ3v) is 3.96. The van der Waals surface area contributed by atoms with E-state index in [1.807, 2.05) is 44.6 Å². The maximum atomic E-state index is 6.19. The molecule has 2 heterocycles. The van der Waals surface area contributed by atoms with E-state index in [1.54, 1.807) is 18.0 Å². The fourth-order valence-corrected chi connectivity index (χ4v) is 2.81. The summed E-state index contributed by atoms with van der Waals surface area (Å²) in [5.41, 5.74) is 3.07. The Morgan fingerprint density at radius 2 is 2.14 bits per heavy atom. The number of fused-ring (bicyclic) bond motifs is 1. The number of pyridine rings is 1. The Morgan fingerprint density at radius 1 is 1.32 bits per heavy atom. The van der Waals surface area contributed by atoms with Crippen molar-refractivity contribution >= 4 is 28.3 Å². The normalized spacial score (nSPS) is 10.9. The average Bonchev–Trinajstić information content (AvgIpc) is 2.89. The van der Waals surface area contributed by atoms with Crippen molar-refractivity contribution in [1.29, 1.82) is 0 Å². The zero-order valence-electron chi connectivity index (χ0n) is 12.7. The van der Waals surface area contributed by atoms with E-state index in [1.165, 1.54) is 0 Å². The summed E-state index contributed by atoms with van der Waals surface area (Å²) >= 11 is 6.19. The van der Waals surface area contributed by atoms with Crippen LogP contribution in [0, 0.1) is 0 Å². The molecule has 0 aliphatic rings. The number of anilines is 1. The van der Waals surface area contributed by atoms with Crippen LogP contribution >= 0.6 is 11.6 Å². The summed E-state index contributed by atoms with van der Waals surface area (Å²) in [4.78, 5) is 6.52. The van der Waals surface area contributed by atoms with Gasteiger partial charge < -0.3 is 9.64 Å². The summed E-state index contributed by atoms with van der Waals surface area (Å²) in [6, 6.07) is 7.83. The van der Waals surface area contributed by atoms with Crippen LogP contribution in [0.15, 0.2) is 36.7 Å². The minimum Gasteiger partial charge on any atom is -0.495 e. The molecule has 6 heteroatoms. The van der Waals surface area contributed by atoms with Gasteiger partial charge in [0.15, 0.2) is 5.65 Å². The molecule has 0 amide bonds. The molecule has 0 radical (unpaired) electrons. The average molecular weight is 317 g/mol. The number of hydrogen-bond donors (Lipinski definition) is 0. The van der Waals surface area contributed by atoms with Crippen LogP contribution in [0.2, 0.25) is 5.02 Å². The second-order valence-electron chi connectivity index (χ2n) is 5.16. The maximum absolute atomic E-state index is 6.19. The Labute approximate surface area is 134 Å². The summed E-state index contributed by atoms with van der Waals surface area (Å²) in [5.74, 6) is 0.687. The molecule has 0 aliphatic heterocycles. The molecule has 3 rings (SSSR count). The molecule has 0 bridgehead atoms. The van der Waals surface area contributed by atoms with E-state index >= 15 is 0 Å². The molecule has 0 unspecified atom stereocenters. The van der Waals surface area contributed by atoms with Gasteiger partial charge in [0.2, 0.25) is 0 Å². The molecular formula is C16H17ClN4O. The Hall–Kier alpha value is -2.27. The summed E-state index contributed by atoms with van der Waals surface area (Å²) in [7, 11) is 5.55. The summed E-state index contributed by atoms with van der Waals surface area (Å²) < 4.78 is 6.96. The lowest BCUT2D eigenvalue weighted by Crippen LogP contribution is -2.16. The molecule has 0 fully saturated rings. The van der Waals surface area contributed by atoms with E-state index in [2.05, 4.69) is 15.0 Å². The Bertz CT molecular complexity index is 815. The second kappa shape index (κ2) is 5.85. The number of nitrogens with zero attached hydrogens (tertiary/aromatic N) is 4. The number of benzene rings is 1. The molecule has 0 spiro atoms. The molecule has 0 atom stereocenters. The van der Waals surface area contributed by atoms with Gasteiger partial charge >= 0.3 is 0 Å². The van der Waals surface area contributed by atoms with Crippen LogP contribution in [-0.2, 0) is 13.6 Å². The highest BCUT2D eigenvalue weighted by Gasteiger charge is 2.11. The monoisotopic (exact) mass is 316 g/mol. The van der Waals surface area contributed by atoms with Crippen molar-refractivity contribution in [2.24, 2.45) is 7.05 Å². The van der Waals surface area contributed by atoms with Crippen molar-refractivity contribution < 1.29 is 4.74 Å². The smallest absolute Gasteiger partial charge is 0.159 e. The zero-order chi connectivity index (χ0) is 15.7. The molecule has 0 saturated carbocycles. The molecule has 1 aromatic carbocycles. The summed E-state index contributed by atoms with van der Waals surface area (Å²) in [6.45, 7) is 0.734. The summed E-state index contributed by atoms with van der Waals surface area (Å²) in [6.07, 6.45) is 3.64. The van der Waals surface area contributed by atoms with Crippen LogP contribution in [0.5, 0.6) is 5.75 Å². The standard InChI is InChI=1S/C16H17ClN4O/c1-20(10-11-4-5-15(22-3)13(17)8-11)14-6-7-18-16-12(14)9-19-21(16)2/h4-9H,10H2,1-3H3. The lowest BCUT2D eigenvalue weighted by atomic mass is 10.2. The first-order valence-corrected chi connectivity index (χ1v) is 7.28. The minimum atomic E-state index is 0.620. The Balaban J connectivity index is 1.90. The second-order valence-corrected chi connectivity index (χ2v) is 5.57. The fourth-order valence-electron chi connectivity index (χ4n) is 2.53. The van der Waals surface area contributed by atoms with Crippen molar-refractivity contribution in [3.05, 3.63) is 47.2 Å². The lowest BCUT2D eigenvalue weighted by Gasteiger charge is -2.20. The first-order valence-electron chi connectivity index (χ1n) is 6.90. The van der Waals surface area contributed by atoms with Crippen LogP contribution in [0.1, 0.15) is 5.56 Å². The topological polar surface area (TPSA) is 43.2 Å². The van der Waals surface area contributed by atoms with E-state index in [4.69, 9.17) is 16.3 Å². The Morgan fingerprint density at radius 3 is 2.86 bits per heavy atom. The van der Waals surface area contributed by atoms with Crippen LogP contribution in [0.25, 0.3) is 11.0 Å². The number of aromatic nitrogens is 3.